The Morgan fingerprint density at radius 1 is 1.05 bits per heavy atom. The molecule has 1 N–H and O–H groups in total. The molecule has 0 aliphatic heterocycles. The quantitative estimate of drug-likeness (QED) is 0.758. The molecule has 3 unspecified atom stereocenters. The lowest BCUT2D eigenvalue weighted by Gasteiger charge is -2.34. The molecule has 0 aromatic heterocycles. The van der Waals surface area contributed by atoms with E-state index in [4.69, 9.17) is 0 Å². The fourth-order valence-corrected chi connectivity index (χ4v) is 3.91. The number of nitrogens with one attached hydrogen (secondary N) is 1. The largest absolute Gasteiger partial charge is 0.310 e. The van der Waals surface area contributed by atoms with Crippen LogP contribution in [0.4, 0.5) is 0 Å². The van der Waals surface area contributed by atoms with Crippen LogP contribution in [0.2, 0.25) is 0 Å². The molecule has 2 rings (SSSR count). The summed E-state index contributed by atoms with van der Waals surface area (Å²) in [7, 11) is 4.39. The minimum Gasteiger partial charge on any atom is -0.310 e. The predicted molar refractivity (Wildman–Crippen MR) is 83.4 cm³/mol. The highest BCUT2D eigenvalue weighted by molar-refractivity contribution is 4.89. The van der Waals surface area contributed by atoms with Gasteiger partial charge in [0.05, 0.1) is 0 Å². The van der Waals surface area contributed by atoms with Gasteiger partial charge < -0.3 is 10.2 Å². The second-order valence-electron chi connectivity index (χ2n) is 7.72. The average Bonchev–Trinajstić information content (AvgIpc) is 3.10. The second kappa shape index (κ2) is 7.08. The zero-order valence-electron chi connectivity index (χ0n) is 13.5. The van der Waals surface area contributed by atoms with E-state index in [9.17, 15) is 0 Å². The standard InChI is InChI=1S/C17H34N2/c1-13(2)10-17(12-19(3)4)18-16-7-5-6-15(11-16)14-8-9-14/h13-18H,5-12H2,1-4H3. The molecule has 0 bridgehead atoms. The molecule has 0 heterocycles. The van der Waals surface area contributed by atoms with Crippen molar-refractivity contribution in [2.75, 3.05) is 20.6 Å². The van der Waals surface area contributed by atoms with Crippen LogP contribution >= 0.6 is 0 Å². The first-order valence-corrected chi connectivity index (χ1v) is 8.45. The van der Waals surface area contributed by atoms with Gasteiger partial charge in [-0.25, -0.2) is 0 Å². The van der Waals surface area contributed by atoms with E-state index in [2.05, 4.69) is 38.2 Å². The van der Waals surface area contributed by atoms with Gasteiger partial charge in [0.25, 0.3) is 0 Å². The number of rotatable bonds is 7. The third-order valence-electron chi connectivity index (χ3n) is 4.82. The Morgan fingerprint density at radius 2 is 1.79 bits per heavy atom. The first-order valence-electron chi connectivity index (χ1n) is 8.45. The third kappa shape index (κ3) is 5.43. The SMILES string of the molecule is CC(C)CC(CN(C)C)NC1CCCC(C2CC2)C1. The van der Waals surface area contributed by atoms with Crippen molar-refractivity contribution < 1.29 is 0 Å². The van der Waals surface area contributed by atoms with Gasteiger partial charge in [0.15, 0.2) is 0 Å². The summed E-state index contributed by atoms with van der Waals surface area (Å²) in [4.78, 5) is 2.33. The zero-order valence-corrected chi connectivity index (χ0v) is 13.5. The maximum atomic E-state index is 3.99. The fraction of sp³-hybridized carbons (Fsp3) is 1.00. The van der Waals surface area contributed by atoms with Crippen molar-refractivity contribution in [2.45, 2.75) is 70.9 Å². The van der Waals surface area contributed by atoms with Gasteiger partial charge in [0.1, 0.15) is 0 Å². The monoisotopic (exact) mass is 266 g/mol. The molecule has 0 spiro atoms. The van der Waals surface area contributed by atoms with Gasteiger partial charge >= 0.3 is 0 Å². The molecular formula is C17H34N2. The molecule has 2 saturated carbocycles. The Labute approximate surface area is 120 Å². The van der Waals surface area contributed by atoms with E-state index in [-0.39, 0.29) is 0 Å². The molecule has 112 valence electrons. The molecule has 0 amide bonds. The predicted octanol–water partition coefficient (Wildman–Crippen LogP) is 3.52. The Bertz CT molecular complexity index is 248. The van der Waals surface area contributed by atoms with Crippen LogP contribution in [-0.4, -0.2) is 37.6 Å². The van der Waals surface area contributed by atoms with Gasteiger partial charge in [0.2, 0.25) is 0 Å². The maximum absolute atomic E-state index is 3.99. The van der Waals surface area contributed by atoms with Crippen LogP contribution in [0.3, 0.4) is 0 Å². The first-order chi connectivity index (χ1) is 9.04. The second-order valence-corrected chi connectivity index (χ2v) is 7.72. The number of likely N-dealkylation sites (N-methyl/N-ethyl adjacent to an activating group) is 1. The van der Waals surface area contributed by atoms with Crippen molar-refractivity contribution in [3.63, 3.8) is 0 Å². The van der Waals surface area contributed by atoms with Crippen LogP contribution in [0.5, 0.6) is 0 Å². The Balaban J connectivity index is 1.80. The summed E-state index contributed by atoms with van der Waals surface area (Å²) in [6.07, 6.45) is 10.2. The smallest absolute Gasteiger partial charge is 0.0199 e. The molecule has 19 heavy (non-hydrogen) atoms. The van der Waals surface area contributed by atoms with Crippen molar-refractivity contribution in [2.24, 2.45) is 17.8 Å². The highest BCUT2D eigenvalue weighted by Gasteiger charge is 2.35. The average molecular weight is 266 g/mol. The first kappa shape index (κ1) is 15.3. The van der Waals surface area contributed by atoms with Crippen molar-refractivity contribution in [3.05, 3.63) is 0 Å². The number of hydrogen-bond acceptors (Lipinski definition) is 2. The summed E-state index contributed by atoms with van der Waals surface area (Å²) in [5.74, 6) is 2.94. The van der Waals surface area contributed by atoms with Crippen LogP contribution in [0.1, 0.15) is 58.8 Å². The summed E-state index contributed by atoms with van der Waals surface area (Å²) in [6.45, 7) is 5.87. The van der Waals surface area contributed by atoms with E-state index in [0.717, 1.165) is 23.8 Å². The van der Waals surface area contributed by atoms with Crippen LogP contribution in [0.25, 0.3) is 0 Å². The minimum absolute atomic E-state index is 0.679. The van der Waals surface area contributed by atoms with E-state index in [1.54, 1.807) is 0 Å². The van der Waals surface area contributed by atoms with E-state index >= 15 is 0 Å². The maximum Gasteiger partial charge on any atom is 0.0199 e. The van der Waals surface area contributed by atoms with Gasteiger partial charge in [-0.1, -0.05) is 26.7 Å². The van der Waals surface area contributed by atoms with E-state index in [1.165, 1.54) is 51.5 Å². The summed E-state index contributed by atoms with van der Waals surface area (Å²) in [5.41, 5.74) is 0. The lowest BCUT2D eigenvalue weighted by molar-refractivity contribution is 0.218. The van der Waals surface area contributed by atoms with Gasteiger partial charge in [-0.15, -0.1) is 0 Å². The molecule has 0 aromatic carbocycles. The zero-order chi connectivity index (χ0) is 13.8. The van der Waals surface area contributed by atoms with E-state index < -0.39 is 0 Å². The molecule has 2 heteroatoms. The summed E-state index contributed by atoms with van der Waals surface area (Å²) in [5, 5.41) is 3.99. The molecule has 0 saturated heterocycles. The Hall–Kier alpha value is -0.0800. The van der Waals surface area contributed by atoms with Gasteiger partial charge in [0, 0.05) is 18.6 Å². The molecule has 0 radical (unpaired) electrons. The topological polar surface area (TPSA) is 15.3 Å². The summed E-state index contributed by atoms with van der Waals surface area (Å²) >= 11 is 0. The van der Waals surface area contributed by atoms with E-state index in [1.807, 2.05) is 0 Å². The highest BCUT2D eigenvalue weighted by Crippen LogP contribution is 2.43. The van der Waals surface area contributed by atoms with Crippen molar-refractivity contribution in [3.8, 4) is 0 Å². The number of hydrogen-bond donors (Lipinski definition) is 1. The minimum atomic E-state index is 0.679. The molecule has 2 aliphatic rings. The van der Waals surface area contributed by atoms with Gasteiger partial charge in [-0.2, -0.15) is 0 Å². The highest BCUT2D eigenvalue weighted by atomic mass is 15.1. The molecule has 2 nitrogen and oxygen atoms in total. The van der Waals surface area contributed by atoms with Crippen LogP contribution in [0.15, 0.2) is 0 Å². The van der Waals surface area contributed by atoms with E-state index in [0.29, 0.717) is 6.04 Å². The van der Waals surface area contributed by atoms with Gasteiger partial charge in [-0.05, 0) is 64.0 Å². The summed E-state index contributed by atoms with van der Waals surface area (Å²) < 4.78 is 0. The fourth-order valence-electron chi connectivity index (χ4n) is 3.91. The van der Waals surface area contributed by atoms with Crippen molar-refractivity contribution in [1.82, 2.24) is 10.2 Å². The summed E-state index contributed by atoms with van der Waals surface area (Å²) in [6, 6.07) is 1.47. The normalized spacial score (nSPS) is 30.0. The van der Waals surface area contributed by atoms with Crippen LogP contribution < -0.4 is 5.32 Å². The number of nitrogens with zero attached hydrogens (tertiary/aromatic N) is 1. The lowest BCUT2D eigenvalue weighted by Crippen LogP contribution is -2.46. The van der Waals surface area contributed by atoms with Crippen LogP contribution in [-0.2, 0) is 0 Å². The molecule has 2 fully saturated rings. The van der Waals surface area contributed by atoms with Crippen molar-refractivity contribution >= 4 is 0 Å². The lowest BCUT2D eigenvalue weighted by atomic mass is 9.82. The molecule has 3 atom stereocenters. The Morgan fingerprint density at radius 3 is 2.37 bits per heavy atom. The molecular weight excluding hydrogens is 232 g/mol. The Kier molecular flexibility index (Phi) is 5.70. The van der Waals surface area contributed by atoms with Crippen LogP contribution in [0, 0.1) is 17.8 Å². The van der Waals surface area contributed by atoms with Gasteiger partial charge in [-0.3, -0.25) is 0 Å². The van der Waals surface area contributed by atoms with Crippen molar-refractivity contribution in [1.29, 1.82) is 0 Å². The molecule has 0 aromatic rings. The third-order valence-corrected chi connectivity index (χ3v) is 4.82. The molecule has 2 aliphatic carbocycles.